The van der Waals surface area contributed by atoms with E-state index < -0.39 is 17.9 Å². The van der Waals surface area contributed by atoms with Gasteiger partial charge in [-0.05, 0) is 24.6 Å². The maximum absolute atomic E-state index is 12.4. The predicted octanol–water partition coefficient (Wildman–Crippen LogP) is 1.85. The molecule has 0 saturated carbocycles. The monoisotopic (exact) mass is 354 g/mol. The van der Waals surface area contributed by atoms with Gasteiger partial charge in [-0.25, -0.2) is 9.86 Å². The number of hydroxylamine groups is 2. The topological polar surface area (TPSA) is 95.9 Å². The van der Waals surface area contributed by atoms with Crippen LogP contribution in [0.4, 0.5) is 0 Å². The lowest BCUT2D eigenvalue weighted by molar-refractivity contribution is -0.236. The number of β-lactam (4-membered cyclic amide) rings is 1. The van der Waals surface area contributed by atoms with Crippen molar-refractivity contribution in [1.29, 1.82) is 0 Å². The summed E-state index contributed by atoms with van der Waals surface area (Å²) in [5.74, 6) is -2.16. The van der Waals surface area contributed by atoms with Crippen LogP contribution in [0.5, 0.6) is 0 Å². The average molecular weight is 354 g/mol. The Morgan fingerprint density at radius 3 is 2.31 bits per heavy atom. The van der Waals surface area contributed by atoms with Crippen molar-refractivity contribution in [3.05, 3.63) is 71.3 Å². The standard InChI is InChI=1S/C19H18N2O5/c1-12-16(18(23)21(12)26-11-13-7-3-2-4-8-13)20-17(22)14-9-5-6-10-15(14)19(24)25/h2-10,12,16H,11H2,1H3,(H,20,22)(H,24,25). The molecule has 3 rings (SSSR count). The van der Waals surface area contributed by atoms with Gasteiger partial charge in [0.2, 0.25) is 0 Å². The van der Waals surface area contributed by atoms with Gasteiger partial charge in [0.25, 0.3) is 11.8 Å². The minimum Gasteiger partial charge on any atom is -0.478 e. The molecule has 0 radical (unpaired) electrons. The van der Waals surface area contributed by atoms with Crippen LogP contribution in [0.3, 0.4) is 0 Å². The van der Waals surface area contributed by atoms with Crippen molar-refractivity contribution in [3.63, 3.8) is 0 Å². The molecule has 7 nitrogen and oxygen atoms in total. The molecule has 0 aromatic heterocycles. The lowest BCUT2D eigenvalue weighted by Gasteiger charge is -2.43. The first-order valence-electron chi connectivity index (χ1n) is 8.12. The van der Waals surface area contributed by atoms with Gasteiger partial charge in [0.05, 0.1) is 17.2 Å². The van der Waals surface area contributed by atoms with Crippen LogP contribution in [0.15, 0.2) is 54.6 Å². The summed E-state index contributed by atoms with van der Waals surface area (Å²) in [6.07, 6.45) is 0. The fourth-order valence-corrected chi connectivity index (χ4v) is 2.77. The number of rotatable bonds is 6. The number of carbonyl (C=O) groups excluding carboxylic acids is 2. The number of carboxylic acid groups (broad SMARTS) is 1. The predicted molar refractivity (Wildman–Crippen MR) is 92.2 cm³/mol. The number of benzene rings is 2. The molecule has 1 heterocycles. The molecule has 1 saturated heterocycles. The Morgan fingerprint density at radius 2 is 1.69 bits per heavy atom. The van der Waals surface area contributed by atoms with Crippen molar-refractivity contribution in [2.75, 3.05) is 0 Å². The van der Waals surface area contributed by atoms with Crippen molar-refractivity contribution in [2.45, 2.75) is 25.6 Å². The number of hydrogen-bond donors (Lipinski definition) is 2. The molecule has 2 aromatic carbocycles. The molecule has 0 aliphatic carbocycles. The average Bonchev–Trinajstić information content (AvgIpc) is 2.66. The highest BCUT2D eigenvalue weighted by molar-refractivity contribution is 6.06. The van der Waals surface area contributed by atoms with E-state index in [1.54, 1.807) is 13.0 Å². The van der Waals surface area contributed by atoms with Gasteiger partial charge in [0.1, 0.15) is 12.6 Å². The first kappa shape index (κ1) is 17.6. The quantitative estimate of drug-likeness (QED) is 0.772. The first-order chi connectivity index (χ1) is 12.5. The Kier molecular flexibility index (Phi) is 4.99. The van der Waals surface area contributed by atoms with Gasteiger partial charge in [-0.1, -0.05) is 42.5 Å². The van der Waals surface area contributed by atoms with Crippen molar-refractivity contribution in [3.8, 4) is 0 Å². The van der Waals surface area contributed by atoms with Crippen molar-refractivity contribution >= 4 is 17.8 Å². The Balaban J connectivity index is 1.61. The van der Waals surface area contributed by atoms with Crippen LogP contribution in [-0.2, 0) is 16.2 Å². The number of carbonyl (C=O) groups is 3. The molecular formula is C19H18N2O5. The number of nitrogens with zero attached hydrogens (tertiary/aromatic N) is 1. The van der Waals surface area contributed by atoms with Crippen LogP contribution in [0.1, 0.15) is 33.2 Å². The summed E-state index contributed by atoms with van der Waals surface area (Å²) in [6, 6.07) is 14.2. The van der Waals surface area contributed by atoms with Gasteiger partial charge in [-0.2, -0.15) is 0 Å². The fraction of sp³-hybridized carbons (Fsp3) is 0.211. The van der Waals surface area contributed by atoms with Crippen LogP contribution in [0, 0.1) is 0 Å². The summed E-state index contributed by atoms with van der Waals surface area (Å²) in [4.78, 5) is 41.3. The Labute approximate surface area is 150 Å². The van der Waals surface area contributed by atoms with E-state index in [0.717, 1.165) is 5.56 Å². The van der Waals surface area contributed by atoms with Crippen molar-refractivity contribution in [2.24, 2.45) is 0 Å². The Hall–Kier alpha value is -3.19. The van der Waals surface area contributed by atoms with E-state index in [4.69, 9.17) is 9.94 Å². The molecule has 2 atom stereocenters. The smallest absolute Gasteiger partial charge is 0.336 e. The molecule has 7 heteroatoms. The second kappa shape index (κ2) is 7.37. The highest BCUT2D eigenvalue weighted by Gasteiger charge is 2.47. The molecule has 1 fully saturated rings. The number of hydrogen-bond acceptors (Lipinski definition) is 4. The highest BCUT2D eigenvalue weighted by atomic mass is 16.7. The van der Waals surface area contributed by atoms with E-state index >= 15 is 0 Å². The summed E-state index contributed by atoms with van der Waals surface area (Å²) in [7, 11) is 0. The molecule has 2 amide bonds. The van der Waals surface area contributed by atoms with Crippen molar-refractivity contribution in [1.82, 2.24) is 10.4 Å². The molecule has 2 unspecified atom stereocenters. The third kappa shape index (κ3) is 3.43. The van der Waals surface area contributed by atoms with Crippen LogP contribution >= 0.6 is 0 Å². The highest BCUT2D eigenvalue weighted by Crippen LogP contribution is 2.22. The molecule has 0 bridgehead atoms. The second-order valence-electron chi connectivity index (χ2n) is 5.97. The molecule has 2 aromatic rings. The Bertz CT molecular complexity index is 837. The molecule has 2 N–H and O–H groups in total. The second-order valence-corrected chi connectivity index (χ2v) is 5.97. The van der Waals surface area contributed by atoms with E-state index in [1.165, 1.54) is 23.3 Å². The van der Waals surface area contributed by atoms with Crippen LogP contribution in [-0.4, -0.2) is 40.0 Å². The summed E-state index contributed by atoms with van der Waals surface area (Å²) in [5.41, 5.74) is 0.834. The van der Waals surface area contributed by atoms with Gasteiger partial charge in [0, 0.05) is 0 Å². The number of aromatic carboxylic acids is 1. The summed E-state index contributed by atoms with van der Waals surface area (Å²) in [6.45, 7) is 2.00. The van der Waals surface area contributed by atoms with Crippen LogP contribution in [0.25, 0.3) is 0 Å². The van der Waals surface area contributed by atoms with Gasteiger partial charge < -0.3 is 10.4 Å². The van der Waals surface area contributed by atoms with Gasteiger partial charge in [-0.15, -0.1) is 0 Å². The van der Waals surface area contributed by atoms with Crippen LogP contribution < -0.4 is 5.32 Å². The SMILES string of the molecule is CC1C(NC(=O)c2ccccc2C(=O)O)C(=O)N1OCc1ccccc1. The number of amides is 2. The van der Waals surface area contributed by atoms with E-state index in [2.05, 4.69) is 5.32 Å². The van der Waals surface area contributed by atoms with E-state index in [1.807, 2.05) is 30.3 Å². The number of nitrogens with one attached hydrogen (secondary N) is 1. The first-order valence-corrected chi connectivity index (χ1v) is 8.12. The maximum atomic E-state index is 12.4. The largest absolute Gasteiger partial charge is 0.478 e. The molecule has 1 aliphatic rings. The summed E-state index contributed by atoms with van der Waals surface area (Å²) >= 11 is 0. The van der Waals surface area contributed by atoms with Gasteiger partial charge in [-0.3, -0.25) is 14.4 Å². The molecule has 0 spiro atoms. The van der Waals surface area contributed by atoms with E-state index in [9.17, 15) is 14.4 Å². The summed E-state index contributed by atoms with van der Waals surface area (Å²) in [5, 5.41) is 13.0. The minimum atomic E-state index is -1.20. The van der Waals surface area contributed by atoms with E-state index in [-0.39, 0.29) is 29.7 Å². The summed E-state index contributed by atoms with van der Waals surface area (Å²) < 4.78 is 0. The lowest BCUT2D eigenvalue weighted by Crippen LogP contribution is -2.69. The lowest BCUT2D eigenvalue weighted by atomic mass is 9.99. The minimum absolute atomic E-state index is 0.0173. The number of carboxylic acids is 1. The zero-order valence-corrected chi connectivity index (χ0v) is 14.1. The third-order valence-corrected chi connectivity index (χ3v) is 4.24. The normalized spacial score (nSPS) is 19.0. The zero-order valence-electron chi connectivity index (χ0n) is 14.1. The van der Waals surface area contributed by atoms with E-state index in [0.29, 0.717) is 0 Å². The van der Waals surface area contributed by atoms with Crippen LogP contribution in [0.2, 0.25) is 0 Å². The van der Waals surface area contributed by atoms with Crippen molar-refractivity contribution < 1.29 is 24.3 Å². The zero-order chi connectivity index (χ0) is 18.7. The fourth-order valence-electron chi connectivity index (χ4n) is 2.77. The molecule has 134 valence electrons. The molecule has 1 aliphatic heterocycles. The molecular weight excluding hydrogens is 336 g/mol. The molecule has 26 heavy (non-hydrogen) atoms. The van der Waals surface area contributed by atoms with Gasteiger partial charge >= 0.3 is 5.97 Å². The van der Waals surface area contributed by atoms with Gasteiger partial charge in [0.15, 0.2) is 0 Å². The maximum Gasteiger partial charge on any atom is 0.336 e. The Morgan fingerprint density at radius 1 is 1.08 bits per heavy atom. The third-order valence-electron chi connectivity index (χ3n) is 4.24.